The molecule has 0 fully saturated rings. The number of rotatable bonds is 8. The molecular weight excluding hydrogens is 756 g/mol. The minimum absolute atomic E-state index is 0. The fourth-order valence-electron chi connectivity index (χ4n) is 3.07. The molecule has 4 aromatic rings. The first kappa shape index (κ1) is 36.7. The van der Waals surface area contributed by atoms with Crippen LogP contribution in [-0.4, -0.2) is 39.2 Å². The van der Waals surface area contributed by atoms with Crippen molar-refractivity contribution >= 4 is 23.9 Å². The van der Waals surface area contributed by atoms with Crippen molar-refractivity contribution in [3.8, 4) is 0 Å². The Kier molecular flexibility index (Phi) is 20.2. The van der Waals surface area contributed by atoms with Crippen LogP contribution < -0.4 is 5.11 Å². The van der Waals surface area contributed by atoms with Gasteiger partial charge in [0, 0.05) is 41.6 Å². The van der Waals surface area contributed by atoms with Gasteiger partial charge < -0.3 is 25.2 Å². The number of carboxylic acid groups (broad SMARTS) is 4. The van der Waals surface area contributed by atoms with E-state index in [1.54, 1.807) is 60.7 Å². The third-order valence-electron chi connectivity index (χ3n) is 4.79. The standard InChI is InChI=1S/4C8H8O2.Pu/c4*9-8(10)6-7-4-2-1-3-5-7;/h4*1-5H,6H2,(H,9,10);/p-1. The third kappa shape index (κ3) is 21.3. The van der Waals surface area contributed by atoms with Crippen molar-refractivity contribution in [1.82, 2.24) is 0 Å². The Morgan fingerprint density at radius 2 is 0.610 bits per heavy atom. The minimum Gasteiger partial charge on any atom is -0.550 e. The summed E-state index contributed by atoms with van der Waals surface area (Å²) >= 11 is 0. The molecule has 214 valence electrons. The van der Waals surface area contributed by atoms with E-state index in [0.29, 0.717) is 0 Å². The molecule has 0 aromatic heterocycles. The number of carbonyl (C=O) groups is 4. The van der Waals surface area contributed by atoms with Crippen LogP contribution in [0.5, 0.6) is 0 Å². The topological polar surface area (TPSA) is 152 Å². The second-order valence-electron chi connectivity index (χ2n) is 8.20. The van der Waals surface area contributed by atoms with Crippen LogP contribution in [0.25, 0.3) is 0 Å². The molecule has 4 aromatic carbocycles. The fourth-order valence-corrected chi connectivity index (χ4v) is 3.07. The number of hydrogen-bond donors (Lipinski definition) is 3. The van der Waals surface area contributed by atoms with Gasteiger partial charge in [-0.15, -0.1) is 0 Å². The van der Waals surface area contributed by atoms with Crippen LogP contribution in [0.4, 0.5) is 0 Å². The fraction of sp³-hybridized carbons (Fsp3) is 0.125. The van der Waals surface area contributed by atoms with Gasteiger partial charge in [0.25, 0.3) is 0 Å². The first-order valence-corrected chi connectivity index (χ1v) is 12.2. The van der Waals surface area contributed by atoms with Gasteiger partial charge in [0.1, 0.15) is 0 Å². The van der Waals surface area contributed by atoms with Crippen LogP contribution in [0.1, 0.15) is 22.3 Å². The number of carbonyl (C=O) groups excluding carboxylic acids is 1. The molecule has 0 saturated carbocycles. The summed E-state index contributed by atoms with van der Waals surface area (Å²) in [6, 6.07) is 36.4. The summed E-state index contributed by atoms with van der Waals surface area (Å²) in [5.74, 6) is -3.39. The zero-order chi connectivity index (χ0) is 29.6. The predicted molar refractivity (Wildman–Crippen MR) is 148 cm³/mol. The van der Waals surface area contributed by atoms with Crippen LogP contribution in [0.15, 0.2) is 121 Å². The maximum absolute atomic E-state index is 10.2. The Bertz CT molecular complexity index is 1080. The molecule has 9 heteroatoms. The Hall–Kier alpha value is -4.25. The van der Waals surface area contributed by atoms with E-state index in [1.807, 2.05) is 60.7 Å². The predicted octanol–water partition coefficient (Wildman–Crippen LogP) is 3.92. The number of hydrogen-bond acceptors (Lipinski definition) is 5. The maximum atomic E-state index is 10.2. The Balaban J connectivity index is 0.000000516. The number of benzene rings is 4. The van der Waals surface area contributed by atoms with E-state index in [9.17, 15) is 24.3 Å². The summed E-state index contributed by atoms with van der Waals surface area (Å²) in [4.78, 5) is 40.6. The molecule has 0 aliphatic heterocycles. The molecule has 8 nitrogen and oxygen atoms in total. The van der Waals surface area contributed by atoms with Gasteiger partial charge in [0.15, 0.2) is 0 Å². The second-order valence-corrected chi connectivity index (χ2v) is 8.20. The van der Waals surface area contributed by atoms with E-state index in [4.69, 9.17) is 15.3 Å². The summed E-state index contributed by atoms with van der Waals surface area (Å²) in [6.45, 7) is 0. The normalized spacial score (nSPS) is 8.98. The average molecular weight is 788 g/mol. The molecule has 0 spiro atoms. The van der Waals surface area contributed by atoms with Crippen molar-refractivity contribution in [1.29, 1.82) is 0 Å². The SMILES string of the molecule is O=C(O)Cc1ccccc1.O=C(O)Cc1ccccc1.O=C(O)Cc1ccccc1.O=C([O-])Cc1ccccc1.[Pu]. The van der Waals surface area contributed by atoms with Crippen molar-refractivity contribution in [2.45, 2.75) is 25.7 Å². The Morgan fingerprint density at radius 3 is 0.780 bits per heavy atom. The first-order chi connectivity index (χ1) is 19.2. The molecule has 0 aliphatic carbocycles. The summed E-state index contributed by atoms with van der Waals surface area (Å²) in [5.41, 5.74) is 3.31. The Labute approximate surface area is 260 Å². The molecule has 41 heavy (non-hydrogen) atoms. The molecule has 4 rings (SSSR count). The van der Waals surface area contributed by atoms with Crippen LogP contribution in [0.2, 0.25) is 0 Å². The van der Waals surface area contributed by atoms with E-state index < -0.39 is 23.9 Å². The molecule has 0 unspecified atom stereocenters. The average Bonchev–Trinajstić information content (AvgIpc) is 2.91. The van der Waals surface area contributed by atoms with E-state index in [1.165, 1.54) is 0 Å². The monoisotopic (exact) mass is 781 g/mol. The molecule has 0 saturated heterocycles. The smallest absolute Gasteiger partial charge is 0.307 e. The van der Waals surface area contributed by atoms with Crippen LogP contribution in [0.3, 0.4) is 0 Å². The van der Waals surface area contributed by atoms with Crippen molar-refractivity contribution in [2.24, 2.45) is 0 Å². The van der Waals surface area contributed by atoms with Crippen LogP contribution >= 0.6 is 0 Å². The van der Waals surface area contributed by atoms with Crippen molar-refractivity contribution < 1.29 is 68.8 Å². The molecule has 3 N–H and O–H groups in total. The molecule has 0 amide bonds. The zero-order valence-electron chi connectivity index (χ0n) is 22.2. The summed E-state index contributed by atoms with van der Waals surface area (Å²) < 4.78 is 0. The van der Waals surface area contributed by atoms with Crippen LogP contribution in [0, 0.1) is 29.2 Å². The molecule has 0 aliphatic rings. The minimum atomic E-state index is -1.04. The number of carboxylic acids is 4. The van der Waals surface area contributed by atoms with Gasteiger partial charge in [-0.05, 0) is 22.3 Å². The maximum Gasteiger partial charge on any atom is 0.307 e. The zero-order valence-corrected chi connectivity index (χ0v) is 25.6. The molecule has 0 bridgehead atoms. The number of aliphatic carboxylic acids is 4. The van der Waals surface area contributed by atoms with Gasteiger partial charge in [-0.2, -0.15) is 0 Å². The summed E-state index contributed by atoms with van der Waals surface area (Å²) in [7, 11) is 0. The molecule has 0 heterocycles. The van der Waals surface area contributed by atoms with Gasteiger partial charge in [0.05, 0.1) is 19.3 Å². The molecule has 0 atom stereocenters. The van der Waals surface area contributed by atoms with E-state index in [2.05, 4.69) is 0 Å². The second kappa shape index (κ2) is 22.6. The van der Waals surface area contributed by atoms with E-state index in [-0.39, 0.29) is 54.9 Å². The van der Waals surface area contributed by atoms with Gasteiger partial charge >= 0.3 is 17.9 Å². The largest absolute Gasteiger partial charge is 0.550 e. The van der Waals surface area contributed by atoms with Gasteiger partial charge in [0.2, 0.25) is 0 Å². The Morgan fingerprint density at radius 1 is 0.415 bits per heavy atom. The van der Waals surface area contributed by atoms with Crippen molar-refractivity contribution in [2.75, 3.05) is 0 Å². The van der Waals surface area contributed by atoms with Gasteiger partial charge in [-0.25, -0.2) is 0 Å². The first-order valence-electron chi connectivity index (χ1n) is 12.2. The third-order valence-corrected chi connectivity index (χ3v) is 4.79. The molecular formula is C32H31O8Pu-. The summed E-state index contributed by atoms with van der Waals surface area (Å²) in [6.07, 6.45) is 0.337. The van der Waals surface area contributed by atoms with Gasteiger partial charge in [-0.3, -0.25) is 14.4 Å². The molecule has 0 radical (unpaired) electrons. The summed E-state index contributed by atoms with van der Waals surface area (Å²) in [5, 5.41) is 35.2. The van der Waals surface area contributed by atoms with Crippen molar-refractivity contribution in [3.63, 3.8) is 0 Å². The quantitative estimate of drug-likeness (QED) is 0.243. The van der Waals surface area contributed by atoms with E-state index >= 15 is 0 Å². The van der Waals surface area contributed by atoms with E-state index in [0.717, 1.165) is 22.3 Å². The van der Waals surface area contributed by atoms with Crippen LogP contribution in [-0.2, 0) is 44.9 Å². The van der Waals surface area contributed by atoms with Gasteiger partial charge in [-0.1, -0.05) is 121 Å². The van der Waals surface area contributed by atoms with Crippen molar-refractivity contribution in [3.05, 3.63) is 144 Å².